The van der Waals surface area contributed by atoms with Gasteiger partial charge in [0.15, 0.2) is 0 Å². The quantitative estimate of drug-likeness (QED) is 0.194. The topological polar surface area (TPSA) is 44.9 Å². The SMILES string of the molecule is Cc1cc(Oc2ccc3c4ccccc4n(-c4cc(C)ccn4)c3c2)cc(-n2nc(C)c(-c3c(C)cccc3C)c2C(C)C)c1. The third-order valence-corrected chi connectivity index (χ3v) is 8.67. The molecule has 5 nitrogen and oxygen atoms in total. The van der Waals surface area contributed by atoms with Crippen molar-refractivity contribution in [2.75, 3.05) is 0 Å². The van der Waals surface area contributed by atoms with E-state index in [0.717, 1.165) is 45.3 Å². The van der Waals surface area contributed by atoms with Gasteiger partial charge in [0, 0.05) is 34.7 Å². The molecule has 0 saturated carbocycles. The lowest BCUT2D eigenvalue weighted by molar-refractivity contribution is 0.482. The second-order valence-electron chi connectivity index (χ2n) is 12.5. The number of fused-ring (bicyclic) bond motifs is 3. The van der Waals surface area contributed by atoms with E-state index in [-0.39, 0.29) is 5.92 Å². The number of hydrogen-bond donors (Lipinski definition) is 0. The second-order valence-corrected chi connectivity index (χ2v) is 12.5. The molecule has 0 amide bonds. The Bertz CT molecular complexity index is 2210. The molecule has 4 aromatic carbocycles. The average Bonchev–Trinajstić information content (AvgIpc) is 3.51. The molecule has 0 aliphatic rings. The van der Waals surface area contributed by atoms with E-state index in [0.29, 0.717) is 0 Å². The van der Waals surface area contributed by atoms with E-state index in [1.54, 1.807) is 0 Å². The molecule has 0 bridgehead atoms. The van der Waals surface area contributed by atoms with Crippen LogP contribution in [0, 0.1) is 34.6 Å². The molecule has 224 valence electrons. The van der Waals surface area contributed by atoms with Gasteiger partial charge < -0.3 is 4.74 Å². The monoisotopic (exact) mass is 590 g/mol. The fourth-order valence-electron chi connectivity index (χ4n) is 6.74. The highest BCUT2D eigenvalue weighted by atomic mass is 16.5. The molecule has 0 unspecified atom stereocenters. The molecule has 0 aliphatic carbocycles. The number of pyridine rings is 1. The number of benzene rings is 4. The summed E-state index contributed by atoms with van der Waals surface area (Å²) in [6.45, 7) is 15.2. The molecule has 0 N–H and O–H groups in total. The van der Waals surface area contributed by atoms with Crippen molar-refractivity contribution in [2.24, 2.45) is 0 Å². The molecule has 7 aromatic rings. The lowest BCUT2D eigenvalue weighted by Crippen LogP contribution is -2.06. The van der Waals surface area contributed by atoms with Crippen LogP contribution in [0.15, 0.2) is 97.2 Å². The zero-order chi connectivity index (χ0) is 31.4. The number of hydrogen-bond acceptors (Lipinski definition) is 3. The Morgan fingerprint density at radius 2 is 1.40 bits per heavy atom. The first-order valence-electron chi connectivity index (χ1n) is 15.6. The lowest BCUT2D eigenvalue weighted by atomic mass is 9.91. The maximum Gasteiger partial charge on any atom is 0.137 e. The van der Waals surface area contributed by atoms with Crippen molar-refractivity contribution in [3.8, 4) is 34.1 Å². The molecule has 5 heteroatoms. The number of aryl methyl sites for hydroxylation is 5. The predicted octanol–water partition coefficient (Wildman–Crippen LogP) is 10.5. The van der Waals surface area contributed by atoms with E-state index >= 15 is 0 Å². The van der Waals surface area contributed by atoms with E-state index in [1.807, 2.05) is 12.3 Å². The number of ether oxygens (including phenoxy) is 1. The Labute approximate surface area is 264 Å². The van der Waals surface area contributed by atoms with Gasteiger partial charge in [-0.3, -0.25) is 4.57 Å². The Morgan fingerprint density at radius 1 is 0.644 bits per heavy atom. The zero-order valence-corrected chi connectivity index (χ0v) is 27.0. The van der Waals surface area contributed by atoms with Crippen LogP contribution in [-0.2, 0) is 0 Å². The molecule has 0 radical (unpaired) electrons. The van der Waals surface area contributed by atoms with Crippen molar-refractivity contribution in [3.05, 3.63) is 131 Å². The first kappa shape index (κ1) is 28.6. The molecule has 0 spiro atoms. The first-order chi connectivity index (χ1) is 21.7. The molecule has 0 atom stereocenters. The van der Waals surface area contributed by atoms with E-state index < -0.39 is 0 Å². The summed E-state index contributed by atoms with van der Waals surface area (Å²) >= 11 is 0. The minimum Gasteiger partial charge on any atom is -0.457 e. The van der Waals surface area contributed by atoms with Crippen LogP contribution in [0.4, 0.5) is 0 Å². The Kier molecular flexibility index (Phi) is 7.04. The first-order valence-corrected chi connectivity index (χ1v) is 15.6. The summed E-state index contributed by atoms with van der Waals surface area (Å²) in [5.74, 6) is 2.71. The van der Waals surface area contributed by atoms with Crippen LogP contribution in [0.2, 0.25) is 0 Å². The summed E-state index contributed by atoms with van der Waals surface area (Å²) < 4.78 is 11.0. The molecule has 0 fully saturated rings. The van der Waals surface area contributed by atoms with Gasteiger partial charge in [0.2, 0.25) is 0 Å². The molecule has 7 rings (SSSR count). The maximum absolute atomic E-state index is 6.63. The summed E-state index contributed by atoms with van der Waals surface area (Å²) in [5, 5.41) is 7.47. The Balaban J connectivity index is 1.34. The molecule has 45 heavy (non-hydrogen) atoms. The van der Waals surface area contributed by atoms with Gasteiger partial charge in [-0.15, -0.1) is 0 Å². The molecule has 0 aliphatic heterocycles. The highest BCUT2D eigenvalue weighted by Gasteiger charge is 2.23. The van der Waals surface area contributed by atoms with Gasteiger partial charge in [0.1, 0.15) is 17.3 Å². The number of para-hydroxylation sites is 1. The van der Waals surface area contributed by atoms with Crippen molar-refractivity contribution in [3.63, 3.8) is 0 Å². The van der Waals surface area contributed by atoms with Gasteiger partial charge in [-0.1, -0.05) is 50.2 Å². The fourth-order valence-corrected chi connectivity index (χ4v) is 6.74. The van der Waals surface area contributed by atoms with Gasteiger partial charge in [-0.2, -0.15) is 5.10 Å². The summed E-state index contributed by atoms with van der Waals surface area (Å²) in [5.41, 5.74) is 12.7. The summed E-state index contributed by atoms with van der Waals surface area (Å²) in [6, 6.07) is 31.8. The number of nitrogens with zero attached hydrogens (tertiary/aromatic N) is 4. The van der Waals surface area contributed by atoms with Crippen molar-refractivity contribution >= 4 is 21.8 Å². The van der Waals surface area contributed by atoms with Crippen LogP contribution in [0.5, 0.6) is 11.5 Å². The van der Waals surface area contributed by atoms with E-state index in [1.165, 1.54) is 44.3 Å². The molecule has 3 aromatic heterocycles. The van der Waals surface area contributed by atoms with Gasteiger partial charge in [0.05, 0.1) is 28.1 Å². The third kappa shape index (κ3) is 4.98. The summed E-state index contributed by atoms with van der Waals surface area (Å²) in [7, 11) is 0. The van der Waals surface area contributed by atoms with Crippen LogP contribution in [-0.4, -0.2) is 19.3 Å². The standard InChI is InChI=1S/C40H38N4O/c1-24(2)40-39(38-27(5)11-10-12-28(38)6)29(7)42-44(40)30-19-26(4)20-32(22-30)45-31-15-16-34-33-13-8-9-14-35(33)43(36(34)23-31)37-21-25(3)17-18-41-37/h8-24H,1-7H3. The molecule has 0 saturated heterocycles. The second kappa shape index (κ2) is 11.1. The summed E-state index contributed by atoms with van der Waals surface area (Å²) in [6.07, 6.45) is 1.87. The van der Waals surface area contributed by atoms with Gasteiger partial charge in [-0.25, -0.2) is 9.67 Å². The fraction of sp³-hybridized carbons (Fsp3) is 0.200. The molecular formula is C40H38N4O. The normalized spacial score (nSPS) is 11.6. The predicted molar refractivity (Wildman–Crippen MR) is 185 cm³/mol. The largest absolute Gasteiger partial charge is 0.457 e. The van der Waals surface area contributed by atoms with E-state index in [2.05, 4.69) is 143 Å². The summed E-state index contributed by atoms with van der Waals surface area (Å²) in [4.78, 5) is 4.73. The minimum atomic E-state index is 0.268. The molecular weight excluding hydrogens is 552 g/mol. The molecule has 3 heterocycles. The average molecular weight is 591 g/mol. The Morgan fingerprint density at radius 3 is 2.16 bits per heavy atom. The van der Waals surface area contributed by atoms with E-state index in [9.17, 15) is 0 Å². The smallest absolute Gasteiger partial charge is 0.137 e. The third-order valence-electron chi connectivity index (χ3n) is 8.67. The number of aromatic nitrogens is 4. The van der Waals surface area contributed by atoms with Crippen LogP contribution < -0.4 is 4.74 Å². The lowest BCUT2D eigenvalue weighted by Gasteiger charge is -2.17. The van der Waals surface area contributed by atoms with Crippen LogP contribution in [0.1, 0.15) is 53.4 Å². The van der Waals surface area contributed by atoms with Gasteiger partial charge in [0.25, 0.3) is 0 Å². The van der Waals surface area contributed by atoms with E-state index in [4.69, 9.17) is 14.8 Å². The highest BCUT2D eigenvalue weighted by Crippen LogP contribution is 2.39. The number of rotatable bonds is 6. The highest BCUT2D eigenvalue weighted by molar-refractivity contribution is 6.09. The van der Waals surface area contributed by atoms with Crippen molar-refractivity contribution in [1.29, 1.82) is 0 Å². The van der Waals surface area contributed by atoms with Crippen molar-refractivity contribution in [2.45, 2.75) is 54.4 Å². The van der Waals surface area contributed by atoms with Crippen LogP contribution >= 0.6 is 0 Å². The van der Waals surface area contributed by atoms with Gasteiger partial charge in [-0.05, 0) is 111 Å². The zero-order valence-electron chi connectivity index (χ0n) is 27.0. The van der Waals surface area contributed by atoms with Crippen LogP contribution in [0.3, 0.4) is 0 Å². The van der Waals surface area contributed by atoms with Crippen LogP contribution in [0.25, 0.3) is 44.4 Å². The Hall–Kier alpha value is -5.16. The van der Waals surface area contributed by atoms with Crippen molar-refractivity contribution < 1.29 is 4.74 Å². The maximum atomic E-state index is 6.63. The minimum absolute atomic E-state index is 0.268. The van der Waals surface area contributed by atoms with Crippen molar-refractivity contribution in [1.82, 2.24) is 19.3 Å². The van der Waals surface area contributed by atoms with Gasteiger partial charge >= 0.3 is 0 Å².